The van der Waals surface area contributed by atoms with E-state index in [2.05, 4.69) is 4.72 Å². The summed E-state index contributed by atoms with van der Waals surface area (Å²) in [7, 11) is -2.87. The molecule has 0 aliphatic carbocycles. The summed E-state index contributed by atoms with van der Waals surface area (Å²) in [5.74, 6) is 0. The Bertz CT molecular complexity index is 490. The van der Waals surface area contributed by atoms with Crippen molar-refractivity contribution in [2.45, 2.75) is 0 Å². The largest absolute Gasteiger partial charge is 0.298 e. The molecule has 6 heteroatoms. The minimum Gasteiger partial charge on any atom is -0.298 e. The van der Waals surface area contributed by atoms with Gasteiger partial charge in [0, 0.05) is 6.26 Å². The summed E-state index contributed by atoms with van der Waals surface area (Å²) in [6, 6.07) is 6.46. The SMILES string of the molecule is CS(=N)(=O)Nc1cc(C#N)ccc1Cl. The number of nitrogens with zero attached hydrogens (tertiary/aromatic N) is 1. The molecule has 0 spiro atoms. The summed E-state index contributed by atoms with van der Waals surface area (Å²) in [6.07, 6.45) is 1.24. The molecule has 74 valence electrons. The summed E-state index contributed by atoms with van der Waals surface area (Å²) in [6.45, 7) is 0. The van der Waals surface area contributed by atoms with Crippen molar-refractivity contribution in [3.05, 3.63) is 28.8 Å². The van der Waals surface area contributed by atoms with E-state index in [1.165, 1.54) is 18.4 Å². The first-order valence-electron chi connectivity index (χ1n) is 3.63. The van der Waals surface area contributed by atoms with Gasteiger partial charge >= 0.3 is 0 Å². The van der Waals surface area contributed by atoms with E-state index in [1.807, 2.05) is 6.07 Å². The van der Waals surface area contributed by atoms with Gasteiger partial charge in [0.05, 0.1) is 22.3 Å². The lowest BCUT2D eigenvalue weighted by Gasteiger charge is -2.07. The lowest BCUT2D eigenvalue weighted by molar-refractivity contribution is 0.682. The Hall–Kier alpha value is -1.25. The van der Waals surface area contributed by atoms with Gasteiger partial charge in [-0.05, 0) is 18.2 Å². The molecule has 0 amide bonds. The Labute approximate surface area is 87.6 Å². The molecule has 0 fully saturated rings. The molecule has 0 aromatic heterocycles. The van der Waals surface area contributed by atoms with E-state index >= 15 is 0 Å². The Kier molecular flexibility index (Phi) is 2.99. The van der Waals surface area contributed by atoms with Gasteiger partial charge in [-0.1, -0.05) is 11.6 Å². The standard InChI is InChI=1S/C8H8ClN3OS/c1-14(11,13)12-8-4-6(5-10)2-3-7(8)9/h2-4H,1H3,(H2,11,12,13). The Morgan fingerprint density at radius 1 is 1.64 bits per heavy atom. The second-order valence-corrected chi connectivity index (χ2v) is 5.05. The highest BCUT2D eigenvalue weighted by Crippen LogP contribution is 2.23. The van der Waals surface area contributed by atoms with Gasteiger partial charge in [0.1, 0.15) is 9.92 Å². The van der Waals surface area contributed by atoms with Gasteiger partial charge in [-0.3, -0.25) is 4.72 Å². The number of hydrogen-bond donors (Lipinski definition) is 2. The predicted octanol–water partition coefficient (Wildman–Crippen LogP) is 2.22. The maximum atomic E-state index is 11.1. The molecule has 1 unspecified atom stereocenters. The number of nitrogens with one attached hydrogen (secondary N) is 2. The highest BCUT2D eigenvalue weighted by Gasteiger charge is 2.04. The van der Waals surface area contributed by atoms with Gasteiger partial charge in [0.15, 0.2) is 0 Å². The number of rotatable bonds is 2. The quantitative estimate of drug-likeness (QED) is 0.816. The van der Waals surface area contributed by atoms with E-state index < -0.39 is 9.92 Å². The average molecular weight is 230 g/mol. The molecule has 2 N–H and O–H groups in total. The molecular formula is C8H8ClN3OS. The third-order valence-electron chi connectivity index (χ3n) is 1.40. The van der Waals surface area contributed by atoms with E-state index in [0.29, 0.717) is 16.3 Å². The molecule has 0 heterocycles. The minimum absolute atomic E-state index is 0.339. The van der Waals surface area contributed by atoms with E-state index in [1.54, 1.807) is 6.07 Å². The second kappa shape index (κ2) is 3.86. The summed E-state index contributed by atoms with van der Waals surface area (Å²) in [5, 5.41) is 8.95. The van der Waals surface area contributed by atoms with E-state index in [0.717, 1.165) is 0 Å². The third-order valence-corrected chi connectivity index (χ3v) is 2.34. The molecule has 1 rings (SSSR count). The molecule has 0 radical (unpaired) electrons. The topological polar surface area (TPSA) is 76.7 Å². The summed E-state index contributed by atoms with van der Waals surface area (Å²) in [5.41, 5.74) is 0.744. The smallest absolute Gasteiger partial charge is 0.123 e. The number of nitriles is 1. The van der Waals surface area contributed by atoms with E-state index in [9.17, 15) is 4.21 Å². The maximum absolute atomic E-state index is 11.1. The number of anilines is 1. The van der Waals surface area contributed by atoms with Crippen molar-refractivity contribution >= 4 is 27.2 Å². The van der Waals surface area contributed by atoms with Crippen LogP contribution >= 0.6 is 11.6 Å². The van der Waals surface area contributed by atoms with Gasteiger partial charge in [-0.25, -0.2) is 8.99 Å². The van der Waals surface area contributed by atoms with Crippen molar-refractivity contribution in [1.29, 1.82) is 10.0 Å². The van der Waals surface area contributed by atoms with Gasteiger partial charge in [-0.2, -0.15) is 5.26 Å². The zero-order valence-corrected chi connectivity index (χ0v) is 8.95. The van der Waals surface area contributed by atoms with Crippen molar-refractivity contribution in [3.63, 3.8) is 0 Å². The lowest BCUT2D eigenvalue weighted by atomic mass is 10.2. The third kappa shape index (κ3) is 2.91. The zero-order chi connectivity index (χ0) is 10.8. The van der Waals surface area contributed by atoms with Crippen molar-refractivity contribution in [3.8, 4) is 6.07 Å². The first-order chi connectivity index (χ1) is 6.42. The number of hydrogen-bond acceptors (Lipinski definition) is 3. The highest BCUT2D eigenvalue weighted by atomic mass is 35.5. The van der Waals surface area contributed by atoms with Gasteiger partial charge in [0.25, 0.3) is 0 Å². The average Bonchev–Trinajstić information content (AvgIpc) is 2.06. The van der Waals surface area contributed by atoms with Crippen LogP contribution in [0.5, 0.6) is 0 Å². The van der Waals surface area contributed by atoms with Gasteiger partial charge < -0.3 is 0 Å². The van der Waals surface area contributed by atoms with Gasteiger partial charge in [0.2, 0.25) is 0 Å². The summed E-state index contributed by atoms with van der Waals surface area (Å²) >= 11 is 5.78. The van der Waals surface area contributed by atoms with Crippen molar-refractivity contribution < 1.29 is 4.21 Å². The van der Waals surface area contributed by atoms with Crippen molar-refractivity contribution in [1.82, 2.24) is 0 Å². The predicted molar refractivity (Wildman–Crippen MR) is 56.6 cm³/mol. The van der Waals surface area contributed by atoms with Crippen molar-refractivity contribution in [2.75, 3.05) is 11.0 Å². The van der Waals surface area contributed by atoms with Crippen LogP contribution in [0.2, 0.25) is 5.02 Å². The maximum Gasteiger partial charge on any atom is 0.123 e. The molecule has 0 saturated heterocycles. The normalized spacial score (nSPS) is 14.1. The molecule has 1 aromatic carbocycles. The van der Waals surface area contributed by atoms with Crippen LogP contribution in [0.4, 0.5) is 5.69 Å². The monoisotopic (exact) mass is 229 g/mol. The zero-order valence-electron chi connectivity index (χ0n) is 7.37. The molecule has 1 atom stereocenters. The molecule has 0 bridgehead atoms. The molecule has 0 aliphatic rings. The van der Waals surface area contributed by atoms with Crippen LogP contribution in [0.15, 0.2) is 18.2 Å². The van der Waals surface area contributed by atoms with Crippen molar-refractivity contribution in [2.24, 2.45) is 0 Å². The lowest BCUT2D eigenvalue weighted by Crippen LogP contribution is -2.08. The van der Waals surface area contributed by atoms with E-state index in [4.69, 9.17) is 21.6 Å². The van der Waals surface area contributed by atoms with Crippen LogP contribution in [0, 0.1) is 16.1 Å². The summed E-state index contributed by atoms with van der Waals surface area (Å²) in [4.78, 5) is 0. The van der Waals surface area contributed by atoms with Crippen LogP contribution in [-0.4, -0.2) is 10.5 Å². The number of halogens is 1. The van der Waals surface area contributed by atoms with Crippen LogP contribution in [0.3, 0.4) is 0 Å². The second-order valence-electron chi connectivity index (χ2n) is 2.75. The fourth-order valence-corrected chi connectivity index (χ4v) is 1.69. The van der Waals surface area contributed by atoms with Crippen LogP contribution in [0.25, 0.3) is 0 Å². The molecule has 1 aromatic rings. The molecular weight excluding hydrogens is 222 g/mol. The molecule has 0 aliphatic heterocycles. The highest BCUT2D eigenvalue weighted by molar-refractivity contribution is 7.93. The fraction of sp³-hybridized carbons (Fsp3) is 0.125. The Balaban J connectivity index is 3.15. The fourth-order valence-electron chi connectivity index (χ4n) is 0.883. The first-order valence-corrected chi connectivity index (χ1v) is 5.98. The first kappa shape index (κ1) is 10.8. The minimum atomic E-state index is -2.87. The van der Waals surface area contributed by atoms with E-state index in [-0.39, 0.29) is 0 Å². The Morgan fingerprint density at radius 3 is 2.79 bits per heavy atom. The van der Waals surface area contributed by atoms with Crippen LogP contribution in [0.1, 0.15) is 5.56 Å². The molecule has 0 saturated carbocycles. The van der Waals surface area contributed by atoms with Gasteiger partial charge in [-0.15, -0.1) is 0 Å². The van der Waals surface area contributed by atoms with Crippen LogP contribution in [-0.2, 0) is 9.92 Å². The Morgan fingerprint density at radius 2 is 2.29 bits per heavy atom. The van der Waals surface area contributed by atoms with Crippen LogP contribution < -0.4 is 4.72 Å². The number of benzene rings is 1. The molecule has 14 heavy (non-hydrogen) atoms. The summed E-state index contributed by atoms with van der Waals surface area (Å²) < 4.78 is 20.7. The molecule has 4 nitrogen and oxygen atoms in total.